The number of amides is 2. The zero-order valence-electron chi connectivity index (χ0n) is 8.47. The number of benzene rings is 1. The molecule has 1 aliphatic rings. The molecule has 0 saturated carbocycles. The smallest absolute Gasteiger partial charge is 0.246 e. The minimum atomic E-state index is -1.67. The van der Waals surface area contributed by atoms with Crippen LogP contribution in [-0.4, -0.2) is 24.9 Å². The molecule has 1 fully saturated rings. The molecule has 2 rings (SSSR count). The molecule has 0 atom stereocenters. The summed E-state index contributed by atoms with van der Waals surface area (Å²) in [5, 5.41) is 2.26. The molecule has 7 heteroatoms. The van der Waals surface area contributed by atoms with Gasteiger partial charge < -0.3 is 5.32 Å². The molecule has 0 aliphatic carbocycles. The predicted molar refractivity (Wildman–Crippen MR) is 51.7 cm³/mol. The molecule has 0 bridgehead atoms. The van der Waals surface area contributed by atoms with Crippen LogP contribution in [0.15, 0.2) is 12.1 Å². The maximum Gasteiger partial charge on any atom is 0.246 e. The first-order chi connectivity index (χ1) is 8.00. The molecule has 1 N–H and O–H groups in total. The Morgan fingerprint density at radius 1 is 1.12 bits per heavy atom. The minimum Gasteiger partial charge on any atom is -0.345 e. The topological polar surface area (TPSA) is 49.4 Å². The van der Waals surface area contributed by atoms with E-state index in [9.17, 15) is 22.8 Å². The number of rotatable bonds is 1. The third-order valence-electron chi connectivity index (χ3n) is 2.35. The molecule has 4 nitrogen and oxygen atoms in total. The number of anilines is 1. The molecule has 1 heterocycles. The van der Waals surface area contributed by atoms with Gasteiger partial charge in [-0.05, 0) is 12.1 Å². The van der Waals surface area contributed by atoms with Gasteiger partial charge in [0, 0.05) is 0 Å². The van der Waals surface area contributed by atoms with Crippen molar-refractivity contribution in [3.8, 4) is 0 Å². The molecule has 1 saturated heterocycles. The second-order valence-electron chi connectivity index (χ2n) is 3.45. The molecule has 0 unspecified atom stereocenters. The summed E-state index contributed by atoms with van der Waals surface area (Å²) in [6, 6.07) is 1.62. The quantitative estimate of drug-likeness (QED) is 0.734. The summed E-state index contributed by atoms with van der Waals surface area (Å²) in [7, 11) is 0. The van der Waals surface area contributed by atoms with Gasteiger partial charge in [0.15, 0.2) is 17.5 Å². The van der Waals surface area contributed by atoms with Gasteiger partial charge in [-0.25, -0.2) is 13.2 Å². The Kier molecular flexibility index (Phi) is 2.74. The van der Waals surface area contributed by atoms with Gasteiger partial charge in [-0.15, -0.1) is 0 Å². The van der Waals surface area contributed by atoms with Crippen LogP contribution in [0.25, 0.3) is 0 Å². The summed E-state index contributed by atoms with van der Waals surface area (Å²) >= 11 is 0. The molecule has 1 aliphatic heterocycles. The van der Waals surface area contributed by atoms with Crippen molar-refractivity contribution >= 4 is 17.5 Å². The number of nitrogens with zero attached hydrogens (tertiary/aromatic N) is 1. The number of nitrogens with one attached hydrogen (secondary N) is 1. The molecule has 1 aromatic rings. The van der Waals surface area contributed by atoms with Gasteiger partial charge in [-0.3, -0.25) is 14.5 Å². The van der Waals surface area contributed by atoms with Crippen LogP contribution in [0, 0.1) is 17.5 Å². The van der Waals surface area contributed by atoms with E-state index in [1.54, 1.807) is 0 Å². The van der Waals surface area contributed by atoms with Gasteiger partial charge in [0.05, 0.1) is 12.2 Å². The van der Waals surface area contributed by atoms with Crippen LogP contribution in [-0.2, 0) is 9.59 Å². The van der Waals surface area contributed by atoms with Crippen molar-refractivity contribution < 1.29 is 22.8 Å². The summed E-state index contributed by atoms with van der Waals surface area (Å²) < 4.78 is 39.1. The average Bonchev–Trinajstić information content (AvgIpc) is 2.30. The van der Waals surface area contributed by atoms with Crippen molar-refractivity contribution in [2.45, 2.75) is 0 Å². The molecule has 1 aromatic carbocycles. The molecular formula is C10H7F3N2O2. The van der Waals surface area contributed by atoms with Gasteiger partial charge in [-0.2, -0.15) is 0 Å². The maximum absolute atomic E-state index is 13.4. The average molecular weight is 244 g/mol. The summed E-state index contributed by atoms with van der Waals surface area (Å²) in [6.45, 7) is -0.710. The van der Waals surface area contributed by atoms with E-state index >= 15 is 0 Å². The van der Waals surface area contributed by atoms with Crippen LogP contribution in [0.3, 0.4) is 0 Å². The Hall–Kier alpha value is -2.05. The number of piperazine rings is 1. The van der Waals surface area contributed by atoms with E-state index in [-0.39, 0.29) is 6.54 Å². The molecule has 0 radical (unpaired) electrons. The number of hydrogen-bond donors (Lipinski definition) is 1. The summed E-state index contributed by atoms with van der Waals surface area (Å²) in [5.74, 6) is -5.57. The molecule has 90 valence electrons. The number of halogens is 3. The second kappa shape index (κ2) is 4.08. The van der Waals surface area contributed by atoms with Crippen molar-refractivity contribution in [1.82, 2.24) is 5.32 Å². The molecule has 17 heavy (non-hydrogen) atoms. The van der Waals surface area contributed by atoms with Crippen LogP contribution in [0.1, 0.15) is 0 Å². The molecule has 2 amide bonds. The highest BCUT2D eigenvalue weighted by molar-refractivity contribution is 6.04. The Bertz CT molecular complexity index is 505. The zero-order chi connectivity index (χ0) is 12.6. The normalized spacial score (nSPS) is 16.1. The van der Waals surface area contributed by atoms with Crippen LogP contribution in [0.4, 0.5) is 18.9 Å². The molecule has 0 spiro atoms. The van der Waals surface area contributed by atoms with Gasteiger partial charge >= 0.3 is 0 Å². The maximum atomic E-state index is 13.4. The van der Waals surface area contributed by atoms with Gasteiger partial charge in [0.25, 0.3) is 0 Å². The van der Waals surface area contributed by atoms with E-state index in [2.05, 4.69) is 5.32 Å². The van der Waals surface area contributed by atoms with Crippen LogP contribution in [0.2, 0.25) is 0 Å². The first kappa shape index (κ1) is 11.4. The van der Waals surface area contributed by atoms with E-state index in [1.165, 1.54) is 0 Å². The summed E-state index contributed by atoms with van der Waals surface area (Å²) in [6.07, 6.45) is 0. The summed E-state index contributed by atoms with van der Waals surface area (Å²) in [4.78, 5) is 23.3. The summed E-state index contributed by atoms with van der Waals surface area (Å²) in [5.41, 5.74) is -0.441. The number of carbonyl (C=O) groups is 2. The van der Waals surface area contributed by atoms with E-state index < -0.39 is 41.5 Å². The highest BCUT2D eigenvalue weighted by Crippen LogP contribution is 2.24. The lowest BCUT2D eigenvalue weighted by Gasteiger charge is -2.26. The minimum absolute atomic E-state index is 0.294. The Balaban J connectivity index is 2.42. The Morgan fingerprint density at radius 3 is 2.53 bits per heavy atom. The highest BCUT2D eigenvalue weighted by Gasteiger charge is 2.28. The van der Waals surface area contributed by atoms with Crippen LogP contribution >= 0.6 is 0 Å². The lowest BCUT2D eigenvalue weighted by atomic mass is 10.2. The van der Waals surface area contributed by atoms with Gasteiger partial charge in [-0.1, -0.05) is 0 Å². The van der Waals surface area contributed by atoms with E-state index in [0.29, 0.717) is 6.07 Å². The van der Waals surface area contributed by atoms with Gasteiger partial charge in [0.1, 0.15) is 6.54 Å². The lowest BCUT2D eigenvalue weighted by Crippen LogP contribution is -2.52. The lowest BCUT2D eigenvalue weighted by molar-refractivity contribution is -0.128. The second-order valence-corrected chi connectivity index (χ2v) is 3.45. The van der Waals surface area contributed by atoms with E-state index in [0.717, 1.165) is 11.0 Å². The predicted octanol–water partition coefficient (Wildman–Crippen LogP) is 0.567. The number of hydrogen-bond acceptors (Lipinski definition) is 2. The van der Waals surface area contributed by atoms with Crippen LogP contribution < -0.4 is 10.2 Å². The largest absolute Gasteiger partial charge is 0.345 e. The van der Waals surface area contributed by atoms with E-state index in [4.69, 9.17) is 0 Å². The molecule has 0 aromatic heterocycles. The third-order valence-corrected chi connectivity index (χ3v) is 2.35. The highest BCUT2D eigenvalue weighted by atomic mass is 19.2. The zero-order valence-corrected chi connectivity index (χ0v) is 8.47. The fourth-order valence-electron chi connectivity index (χ4n) is 1.50. The van der Waals surface area contributed by atoms with Gasteiger partial charge in [0.2, 0.25) is 11.8 Å². The van der Waals surface area contributed by atoms with Crippen molar-refractivity contribution in [3.05, 3.63) is 29.6 Å². The Labute approximate surface area is 94.0 Å². The third kappa shape index (κ3) is 1.95. The van der Waals surface area contributed by atoms with Crippen molar-refractivity contribution in [1.29, 1.82) is 0 Å². The fourth-order valence-corrected chi connectivity index (χ4v) is 1.50. The standard InChI is InChI=1S/C10H7F3N2O2/c11-5-1-2-6(10(13)9(5)12)15-4-7(16)14-3-8(15)17/h1-2H,3-4H2,(H,14,16). The molecular weight excluding hydrogens is 237 g/mol. The first-order valence-electron chi connectivity index (χ1n) is 4.71. The number of carbonyl (C=O) groups excluding carboxylic acids is 2. The Morgan fingerprint density at radius 2 is 1.82 bits per heavy atom. The SMILES string of the molecule is O=C1CN(c2ccc(F)c(F)c2F)C(=O)CN1. The first-order valence-corrected chi connectivity index (χ1v) is 4.71. The van der Waals surface area contributed by atoms with Crippen molar-refractivity contribution in [2.24, 2.45) is 0 Å². The van der Waals surface area contributed by atoms with E-state index in [1.807, 2.05) is 0 Å². The van der Waals surface area contributed by atoms with Crippen LogP contribution in [0.5, 0.6) is 0 Å². The monoisotopic (exact) mass is 244 g/mol. The fraction of sp³-hybridized carbons (Fsp3) is 0.200. The van der Waals surface area contributed by atoms with Crippen molar-refractivity contribution in [3.63, 3.8) is 0 Å². The van der Waals surface area contributed by atoms with Crippen molar-refractivity contribution in [2.75, 3.05) is 18.0 Å².